The van der Waals surface area contributed by atoms with Gasteiger partial charge in [-0.25, -0.2) is 19.8 Å². The van der Waals surface area contributed by atoms with Gasteiger partial charge < -0.3 is 21.2 Å². The van der Waals surface area contributed by atoms with Crippen LogP contribution in [0.25, 0.3) is 0 Å². The SMILES string of the molecule is CNc1c(N[C@H](C)C2CCC2)nc(C(=N)NC(=O)O)nc1NN1CCCC[C@@H]1c1ccccc1. The second-order valence-corrected chi connectivity index (χ2v) is 9.03. The Morgan fingerprint density at radius 3 is 2.50 bits per heavy atom. The van der Waals surface area contributed by atoms with Gasteiger partial charge in [-0.3, -0.25) is 10.7 Å². The van der Waals surface area contributed by atoms with E-state index in [0.29, 0.717) is 23.2 Å². The topological polar surface area (TPSA) is 138 Å². The van der Waals surface area contributed by atoms with Crippen molar-refractivity contribution in [1.82, 2.24) is 20.3 Å². The molecule has 1 aromatic carbocycles. The number of carboxylic acid groups (broad SMARTS) is 1. The zero-order valence-corrected chi connectivity index (χ0v) is 19.8. The summed E-state index contributed by atoms with van der Waals surface area (Å²) in [4.78, 5) is 20.2. The molecule has 1 aromatic heterocycles. The number of hydrogen-bond acceptors (Lipinski definition) is 8. The van der Waals surface area contributed by atoms with Gasteiger partial charge in [-0.1, -0.05) is 43.2 Å². The highest BCUT2D eigenvalue weighted by Crippen LogP contribution is 2.36. The number of anilines is 3. The molecule has 1 aliphatic carbocycles. The molecule has 0 bridgehead atoms. The highest BCUT2D eigenvalue weighted by Gasteiger charge is 2.28. The fourth-order valence-electron chi connectivity index (χ4n) is 4.65. The summed E-state index contributed by atoms with van der Waals surface area (Å²) in [6, 6.07) is 10.8. The Kier molecular flexibility index (Phi) is 7.46. The molecule has 0 unspecified atom stereocenters. The van der Waals surface area contributed by atoms with Crippen LogP contribution < -0.4 is 21.4 Å². The maximum atomic E-state index is 11.1. The first kappa shape index (κ1) is 23.7. The largest absolute Gasteiger partial charge is 0.465 e. The number of carbonyl (C=O) groups is 1. The standard InChI is InChI=1S/C24H34N8O2/c1-15(16-11-8-12-16)27-21-19(26-2)22(30-23(29-21)20(25)28-24(33)34)31-32-14-7-6-13-18(32)17-9-4-3-5-10-17/h3-5,9-10,15-16,18,26H,6-8,11-14H2,1-2H3,(H2,25,28)(H,33,34)(H2,27,29,30,31)/t15-,18-/m1/s1. The van der Waals surface area contributed by atoms with Gasteiger partial charge in [0.2, 0.25) is 0 Å². The van der Waals surface area contributed by atoms with E-state index < -0.39 is 6.09 Å². The summed E-state index contributed by atoms with van der Waals surface area (Å²) in [6.45, 7) is 2.98. The molecule has 2 fully saturated rings. The molecule has 1 saturated heterocycles. The van der Waals surface area contributed by atoms with Gasteiger partial charge in [-0.05, 0) is 44.1 Å². The van der Waals surface area contributed by atoms with Crippen molar-refractivity contribution in [2.75, 3.05) is 29.7 Å². The van der Waals surface area contributed by atoms with E-state index in [1.54, 1.807) is 0 Å². The van der Waals surface area contributed by atoms with E-state index in [1.807, 2.05) is 25.2 Å². The summed E-state index contributed by atoms with van der Waals surface area (Å²) in [5.41, 5.74) is 5.40. The zero-order chi connectivity index (χ0) is 24.1. The first-order valence-electron chi connectivity index (χ1n) is 12.0. The third kappa shape index (κ3) is 5.39. The number of amidine groups is 1. The summed E-state index contributed by atoms with van der Waals surface area (Å²) in [5.74, 6) is 1.28. The molecule has 2 heterocycles. The maximum absolute atomic E-state index is 11.1. The van der Waals surface area contributed by atoms with Crippen LogP contribution in [0.15, 0.2) is 30.3 Å². The van der Waals surface area contributed by atoms with Gasteiger partial charge in [-0.15, -0.1) is 0 Å². The van der Waals surface area contributed by atoms with Gasteiger partial charge in [0.15, 0.2) is 23.3 Å². The Morgan fingerprint density at radius 2 is 1.85 bits per heavy atom. The number of benzene rings is 1. The fourth-order valence-corrected chi connectivity index (χ4v) is 4.65. The second kappa shape index (κ2) is 10.7. The molecule has 2 aromatic rings. The molecule has 0 spiro atoms. The lowest BCUT2D eigenvalue weighted by Crippen LogP contribution is -2.39. The molecule has 0 radical (unpaired) electrons. The first-order chi connectivity index (χ1) is 16.5. The van der Waals surface area contributed by atoms with Crippen molar-refractivity contribution in [2.45, 2.75) is 57.5 Å². The van der Waals surface area contributed by atoms with E-state index >= 15 is 0 Å². The quantitative estimate of drug-likeness (QED) is 0.251. The van der Waals surface area contributed by atoms with Crippen LogP contribution in [-0.4, -0.2) is 51.6 Å². The molecule has 2 atom stereocenters. The van der Waals surface area contributed by atoms with Crippen molar-refractivity contribution < 1.29 is 9.90 Å². The van der Waals surface area contributed by atoms with E-state index in [2.05, 4.69) is 55.4 Å². The lowest BCUT2D eigenvalue weighted by Gasteiger charge is -2.37. The minimum absolute atomic E-state index is 0.0143. The van der Waals surface area contributed by atoms with Gasteiger partial charge >= 0.3 is 6.09 Å². The summed E-state index contributed by atoms with van der Waals surface area (Å²) < 4.78 is 0. The zero-order valence-electron chi connectivity index (χ0n) is 19.8. The van der Waals surface area contributed by atoms with Crippen LogP contribution in [0.2, 0.25) is 0 Å². The Balaban J connectivity index is 1.67. The summed E-state index contributed by atoms with van der Waals surface area (Å²) in [6.07, 6.45) is 5.49. The highest BCUT2D eigenvalue weighted by molar-refractivity contribution is 6.02. The Labute approximate surface area is 200 Å². The van der Waals surface area contributed by atoms with Crippen LogP contribution in [0.5, 0.6) is 0 Å². The van der Waals surface area contributed by atoms with Crippen molar-refractivity contribution in [1.29, 1.82) is 5.41 Å². The molecular formula is C24H34N8O2. The van der Waals surface area contributed by atoms with Crippen molar-refractivity contribution in [3.63, 3.8) is 0 Å². The van der Waals surface area contributed by atoms with Crippen LogP contribution in [-0.2, 0) is 0 Å². The lowest BCUT2D eigenvalue weighted by atomic mass is 9.80. The van der Waals surface area contributed by atoms with Gasteiger partial charge in [0.25, 0.3) is 0 Å². The average Bonchev–Trinajstić information content (AvgIpc) is 2.78. The predicted molar refractivity (Wildman–Crippen MR) is 133 cm³/mol. The predicted octanol–water partition coefficient (Wildman–Crippen LogP) is 4.27. The number of hydrazine groups is 1. The number of hydrogen-bond donors (Lipinski definition) is 6. The molecule has 10 nitrogen and oxygen atoms in total. The second-order valence-electron chi connectivity index (χ2n) is 9.03. The molecule has 1 aliphatic heterocycles. The maximum Gasteiger partial charge on any atom is 0.410 e. The number of rotatable bonds is 8. The number of nitrogens with zero attached hydrogens (tertiary/aromatic N) is 3. The molecule has 1 saturated carbocycles. The van der Waals surface area contributed by atoms with Crippen LogP contribution in [0, 0.1) is 11.3 Å². The van der Waals surface area contributed by atoms with Crippen LogP contribution in [0.1, 0.15) is 62.9 Å². The van der Waals surface area contributed by atoms with Crippen molar-refractivity contribution in [3.8, 4) is 0 Å². The van der Waals surface area contributed by atoms with E-state index in [9.17, 15) is 4.79 Å². The summed E-state index contributed by atoms with van der Waals surface area (Å²) >= 11 is 0. The molecule has 1 amide bonds. The third-order valence-corrected chi connectivity index (χ3v) is 6.77. The molecule has 10 heteroatoms. The Bertz CT molecular complexity index is 1010. The van der Waals surface area contributed by atoms with Gasteiger partial charge in [0.05, 0.1) is 6.04 Å². The van der Waals surface area contributed by atoms with Crippen LogP contribution >= 0.6 is 0 Å². The van der Waals surface area contributed by atoms with Crippen molar-refractivity contribution >= 4 is 29.3 Å². The molecule has 6 N–H and O–H groups in total. The average molecular weight is 467 g/mol. The number of amides is 1. The summed E-state index contributed by atoms with van der Waals surface area (Å²) in [5, 5.41) is 28.2. The van der Waals surface area contributed by atoms with Gasteiger partial charge in [0, 0.05) is 19.6 Å². The molecular weight excluding hydrogens is 432 g/mol. The van der Waals surface area contributed by atoms with Crippen LogP contribution in [0.3, 0.4) is 0 Å². The molecule has 34 heavy (non-hydrogen) atoms. The van der Waals surface area contributed by atoms with Gasteiger partial charge in [0.1, 0.15) is 5.69 Å². The van der Waals surface area contributed by atoms with Gasteiger partial charge in [-0.2, -0.15) is 0 Å². The molecule has 4 rings (SSSR count). The molecule has 2 aliphatic rings. The number of aromatic nitrogens is 2. The number of nitrogens with one attached hydrogen (secondary N) is 5. The fraction of sp³-hybridized carbons (Fsp3) is 0.500. The number of piperidine rings is 1. The minimum Gasteiger partial charge on any atom is -0.465 e. The summed E-state index contributed by atoms with van der Waals surface area (Å²) in [7, 11) is 1.81. The first-order valence-corrected chi connectivity index (χ1v) is 12.0. The normalized spacial score (nSPS) is 19.5. The van der Waals surface area contributed by atoms with Crippen molar-refractivity contribution in [3.05, 3.63) is 41.7 Å². The van der Waals surface area contributed by atoms with Crippen molar-refractivity contribution in [2.24, 2.45) is 5.92 Å². The van der Waals surface area contributed by atoms with E-state index in [1.165, 1.54) is 24.8 Å². The smallest absolute Gasteiger partial charge is 0.410 e. The monoisotopic (exact) mass is 466 g/mol. The minimum atomic E-state index is -1.32. The Hall–Kier alpha value is -3.40. The lowest BCUT2D eigenvalue weighted by molar-refractivity contribution is 0.184. The third-order valence-electron chi connectivity index (χ3n) is 6.77. The van der Waals surface area contributed by atoms with E-state index in [0.717, 1.165) is 25.8 Å². The highest BCUT2D eigenvalue weighted by atomic mass is 16.4. The van der Waals surface area contributed by atoms with E-state index in [-0.39, 0.29) is 23.7 Å². The van der Waals surface area contributed by atoms with E-state index in [4.69, 9.17) is 10.5 Å². The molecule has 182 valence electrons. The Morgan fingerprint density at radius 1 is 1.12 bits per heavy atom. The van der Waals surface area contributed by atoms with Crippen LogP contribution in [0.4, 0.5) is 22.1 Å².